The summed E-state index contributed by atoms with van der Waals surface area (Å²) >= 11 is 0. The van der Waals surface area contributed by atoms with Crippen LogP contribution < -0.4 is 0 Å². The minimum absolute atomic E-state index is 0. The third-order valence-corrected chi connectivity index (χ3v) is 3.71. The molecule has 0 amide bonds. The zero-order valence-corrected chi connectivity index (χ0v) is 21.5. The summed E-state index contributed by atoms with van der Waals surface area (Å²) in [7, 11) is -4.64. The quantitative estimate of drug-likeness (QED) is 0.130. The molecule has 0 saturated carbocycles. The van der Waals surface area contributed by atoms with Crippen LogP contribution in [0.5, 0.6) is 0 Å². The van der Waals surface area contributed by atoms with E-state index in [0.29, 0.717) is 0 Å². The topological polar surface area (TPSA) is 77.8 Å². The molecule has 4 nitrogen and oxygen atoms in total. The molecule has 0 aliphatic rings. The molecule has 0 heterocycles. The molecule has 0 aliphatic carbocycles. The zero-order valence-electron chi connectivity index (χ0n) is 17.4. The Balaban J connectivity index is -0.000000145. The Kier molecular flexibility index (Phi) is 41.9. The van der Waals surface area contributed by atoms with Gasteiger partial charge in [0.2, 0.25) is 0 Å². The van der Waals surface area contributed by atoms with E-state index in [2.05, 4.69) is 27.7 Å². The first-order chi connectivity index (χ1) is 11.8. The van der Waals surface area contributed by atoms with Crippen molar-refractivity contribution >= 4 is 7.82 Å². The van der Waals surface area contributed by atoms with Crippen molar-refractivity contribution in [3.63, 3.8) is 0 Å². The molecular formula is C20H45NdO4P-2. The van der Waals surface area contributed by atoms with Crippen molar-refractivity contribution in [1.29, 1.82) is 0 Å². The fraction of sp³-hybridized carbons (Fsp3) is 0.900. The maximum absolute atomic E-state index is 8.88. The van der Waals surface area contributed by atoms with Crippen molar-refractivity contribution in [3.8, 4) is 0 Å². The maximum atomic E-state index is 8.88. The number of hydrogen-bond acceptors (Lipinski definition) is 1. The van der Waals surface area contributed by atoms with Crippen molar-refractivity contribution in [2.75, 3.05) is 0 Å². The van der Waals surface area contributed by atoms with Crippen LogP contribution in [0, 0.1) is 54.7 Å². The first-order valence-corrected chi connectivity index (χ1v) is 11.8. The number of hydrogen-bond donors (Lipinski definition) is 3. The molecule has 3 N–H and O–H groups in total. The van der Waals surface area contributed by atoms with Gasteiger partial charge in [0.1, 0.15) is 0 Å². The second-order valence-electron chi connectivity index (χ2n) is 6.46. The predicted octanol–water partition coefficient (Wildman–Crippen LogP) is 6.99. The molecule has 0 bridgehead atoms. The van der Waals surface area contributed by atoms with Crippen LogP contribution in [0.2, 0.25) is 0 Å². The van der Waals surface area contributed by atoms with E-state index in [4.69, 9.17) is 19.2 Å². The van der Waals surface area contributed by atoms with Crippen LogP contribution in [0.4, 0.5) is 0 Å². The van der Waals surface area contributed by atoms with Crippen LogP contribution in [0.25, 0.3) is 0 Å². The van der Waals surface area contributed by atoms with Gasteiger partial charge in [0.25, 0.3) is 0 Å². The minimum atomic E-state index is -4.64. The first kappa shape index (κ1) is 34.9. The minimum Gasteiger partial charge on any atom is -0.343 e. The standard InChI is InChI=1S/2C10H21.Nd.H3O4P/c2*1-3-5-7-9-10-8-6-4-2;;1-5(2,3)4/h2*1,3-10H2,2H3;;(H3,1,2,3,4)/q2*-1;;. The van der Waals surface area contributed by atoms with E-state index < -0.39 is 7.82 Å². The molecule has 26 heavy (non-hydrogen) atoms. The van der Waals surface area contributed by atoms with Gasteiger partial charge in [-0.25, -0.2) is 4.57 Å². The maximum Gasteiger partial charge on any atom is 0.466 e. The van der Waals surface area contributed by atoms with E-state index in [1.807, 2.05) is 0 Å². The number of phosphoric acid groups is 1. The van der Waals surface area contributed by atoms with Crippen molar-refractivity contribution in [1.82, 2.24) is 0 Å². The van der Waals surface area contributed by atoms with Crippen molar-refractivity contribution < 1.29 is 60.1 Å². The summed E-state index contributed by atoms with van der Waals surface area (Å²) in [6.07, 6.45) is 21.8. The Hall–Kier alpha value is 1.46. The second kappa shape index (κ2) is 31.2. The number of rotatable bonds is 14. The first-order valence-electron chi connectivity index (χ1n) is 10.2. The summed E-state index contributed by atoms with van der Waals surface area (Å²) in [5.74, 6) is 0. The molecule has 0 radical (unpaired) electrons. The van der Waals surface area contributed by atoms with E-state index in [0.717, 1.165) is 12.8 Å². The van der Waals surface area contributed by atoms with Gasteiger partial charge in [-0.05, 0) is 0 Å². The number of unbranched alkanes of at least 4 members (excludes halogenated alkanes) is 14. The Morgan fingerprint density at radius 1 is 0.577 bits per heavy atom. The summed E-state index contributed by atoms with van der Waals surface area (Å²) in [5.41, 5.74) is 0. The van der Waals surface area contributed by atoms with Crippen molar-refractivity contribution in [2.24, 2.45) is 0 Å². The van der Waals surface area contributed by atoms with Gasteiger partial charge in [0.15, 0.2) is 0 Å². The van der Waals surface area contributed by atoms with Gasteiger partial charge in [-0.3, -0.25) is 0 Å². The summed E-state index contributed by atoms with van der Waals surface area (Å²) in [6, 6.07) is 0. The second-order valence-corrected chi connectivity index (χ2v) is 7.49. The van der Waals surface area contributed by atoms with Crippen LogP contribution >= 0.6 is 7.82 Å². The molecule has 0 saturated heterocycles. The largest absolute Gasteiger partial charge is 0.466 e. The van der Waals surface area contributed by atoms with Crippen LogP contribution in [-0.4, -0.2) is 14.7 Å². The Morgan fingerprint density at radius 2 is 0.769 bits per heavy atom. The van der Waals surface area contributed by atoms with Crippen LogP contribution in [0.3, 0.4) is 0 Å². The molecule has 0 aromatic heterocycles. The average Bonchev–Trinajstić information content (AvgIpc) is 2.53. The summed E-state index contributed by atoms with van der Waals surface area (Å²) in [5, 5.41) is 0. The van der Waals surface area contributed by atoms with E-state index >= 15 is 0 Å². The monoisotopic (exact) mass is 522 g/mol. The molecule has 0 aliphatic heterocycles. The fourth-order valence-corrected chi connectivity index (χ4v) is 2.27. The van der Waals surface area contributed by atoms with E-state index in [1.165, 1.54) is 89.9 Å². The van der Waals surface area contributed by atoms with Gasteiger partial charge in [-0.1, -0.05) is 104 Å². The smallest absolute Gasteiger partial charge is 0.343 e. The van der Waals surface area contributed by atoms with Gasteiger partial charge in [0, 0.05) is 40.8 Å². The van der Waals surface area contributed by atoms with Crippen molar-refractivity contribution in [2.45, 2.75) is 117 Å². The third kappa shape index (κ3) is 63.7. The van der Waals surface area contributed by atoms with Crippen LogP contribution in [-0.2, 0) is 4.57 Å². The molecule has 0 fully saturated rings. The third-order valence-electron chi connectivity index (χ3n) is 3.71. The predicted molar refractivity (Wildman–Crippen MR) is 110 cm³/mol. The zero-order chi connectivity index (χ0) is 19.8. The normalized spacial score (nSPS) is 10.1. The molecule has 0 rings (SSSR count). The Labute approximate surface area is 197 Å². The molecule has 0 aromatic rings. The average molecular weight is 525 g/mol. The van der Waals surface area contributed by atoms with Gasteiger partial charge in [-0.15, -0.1) is 0 Å². The Bertz CT molecular complexity index is 220. The van der Waals surface area contributed by atoms with Crippen LogP contribution in [0.15, 0.2) is 0 Å². The fourth-order valence-electron chi connectivity index (χ4n) is 2.27. The molecule has 0 aromatic carbocycles. The molecular weight excluding hydrogens is 479 g/mol. The molecule has 6 heteroatoms. The molecule has 0 atom stereocenters. The van der Waals surface area contributed by atoms with Crippen molar-refractivity contribution in [3.05, 3.63) is 13.8 Å². The SMILES string of the molecule is O=P(O)(O)O.[CH2-]CCCCCCCCC.[CH2-]CCCCCCCCC.[Nd]. The molecule has 0 spiro atoms. The Morgan fingerprint density at radius 3 is 0.962 bits per heavy atom. The van der Waals surface area contributed by atoms with E-state index in [1.54, 1.807) is 0 Å². The summed E-state index contributed by atoms with van der Waals surface area (Å²) < 4.78 is 8.88. The summed E-state index contributed by atoms with van der Waals surface area (Å²) in [4.78, 5) is 21.6. The van der Waals surface area contributed by atoms with Gasteiger partial charge in [-0.2, -0.15) is 12.8 Å². The van der Waals surface area contributed by atoms with E-state index in [-0.39, 0.29) is 40.8 Å². The van der Waals surface area contributed by atoms with E-state index in [9.17, 15) is 0 Å². The van der Waals surface area contributed by atoms with Gasteiger partial charge >= 0.3 is 7.82 Å². The summed E-state index contributed by atoms with van der Waals surface area (Å²) in [6.45, 7) is 12.2. The van der Waals surface area contributed by atoms with Gasteiger partial charge in [0.05, 0.1) is 0 Å². The molecule has 160 valence electrons. The molecule has 0 unspecified atom stereocenters. The van der Waals surface area contributed by atoms with Gasteiger partial charge < -0.3 is 28.5 Å². The van der Waals surface area contributed by atoms with Crippen LogP contribution in [0.1, 0.15) is 117 Å².